The molecule has 1 aromatic carbocycles. The Labute approximate surface area is 127 Å². The smallest absolute Gasteiger partial charge is 0.242 e. The van der Waals surface area contributed by atoms with E-state index in [1.54, 1.807) is 30.9 Å². The standard InChI is InChI=1S/C12H13Cl2N3O2S/c1-8(10-6-7-17(2)15-10)16-20(18,19)11-5-3-4-9(13)12(11)14/h3-8,16H,1-2H3. The lowest BCUT2D eigenvalue weighted by atomic mass is 10.3. The van der Waals surface area contributed by atoms with Crippen molar-refractivity contribution in [2.45, 2.75) is 17.9 Å². The monoisotopic (exact) mass is 333 g/mol. The van der Waals surface area contributed by atoms with E-state index >= 15 is 0 Å². The van der Waals surface area contributed by atoms with Crippen molar-refractivity contribution >= 4 is 33.2 Å². The zero-order valence-electron chi connectivity index (χ0n) is 10.8. The molecule has 1 heterocycles. The fourth-order valence-corrected chi connectivity index (χ4v) is 3.69. The molecule has 0 aliphatic carbocycles. The molecular formula is C12H13Cl2N3O2S. The lowest BCUT2D eigenvalue weighted by Crippen LogP contribution is -2.27. The predicted molar refractivity (Wildman–Crippen MR) is 78.4 cm³/mol. The molecule has 2 rings (SSSR count). The minimum atomic E-state index is -3.77. The van der Waals surface area contributed by atoms with E-state index in [4.69, 9.17) is 23.2 Å². The third-order valence-corrected chi connectivity index (χ3v) is 5.23. The Balaban J connectivity index is 2.30. The number of aryl methyl sites for hydroxylation is 1. The van der Waals surface area contributed by atoms with E-state index in [0.717, 1.165) is 0 Å². The Morgan fingerprint density at radius 1 is 1.30 bits per heavy atom. The molecule has 1 N–H and O–H groups in total. The Kier molecular flexibility index (Phi) is 4.39. The maximum absolute atomic E-state index is 12.3. The summed E-state index contributed by atoms with van der Waals surface area (Å²) in [5, 5.41) is 4.36. The molecule has 0 aliphatic heterocycles. The minimum absolute atomic E-state index is 0.00916. The molecule has 2 aromatic rings. The van der Waals surface area contributed by atoms with Crippen molar-refractivity contribution in [1.82, 2.24) is 14.5 Å². The van der Waals surface area contributed by atoms with Crippen molar-refractivity contribution in [1.29, 1.82) is 0 Å². The van der Waals surface area contributed by atoms with Gasteiger partial charge in [0.15, 0.2) is 0 Å². The van der Waals surface area contributed by atoms with E-state index in [1.807, 2.05) is 0 Å². The summed E-state index contributed by atoms with van der Waals surface area (Å²) in [7, 11) is -2.00. The van der Waals surface area contributed by atoms with Crippen LogP contribution >= 0.6 is 23.2 Å². The van der Waals surface area contributed by atoms with Gasteiger partial charge in [0.2, 0.25) is 10.0 Å². The van der Waals surface area contributed by atoms with Crippen molar-refractivity contribution in [2.75, 3.05) is 0 Å². The van der Waals surface area contributed by atoms with Crippen molar-refractivity contribution in [3.63, 3.8) is 0 Å². The van der Waals surface area contributed by atoms with Crippen molar-refractivity contribution in [2.24, 2.45) is 7.05 Å². The maximum atomic E-state index is 12.3. The number of hydrogen-bond donors (Lipinski definition) is 1. The third kappa shape index (κ3) is 3.15. The fourth-order valence-electron chi connectivity index (χ4n) is 1.71. The zero-order valence-corrected chi connectivity index (χ0v) is 13.2. The van der Waals surface area contributed by atoms with E-state index in [2.05, 4.69) is 9.82 Å². The molecule has 0 amide bonds. The summed E-state index contributed by atoms with van der Waals surface area (Å²) in [6, 6.07) is 5.74. The predicted octanol–water partition coefficient (Wildman–Crippen LogP) is 2.77. The van der Waals surface area contributed by atoms with Crippen LogP contribution in [0.25, 0.3) is 0 Å². The summed E-state index contributed by atoms with van der Waals surface area (Å²) >= 11 is 11.8. The Bertz CT molecular complexity index is 728. The van der Waals surface area contributed by atoms with Crippen LogP contribution < -0.4 is 4.72 Å². The average Bonchev–Trinajstić information content (AvgIpc) is 2.79. The lowest BCUT2D eigenvalue weighted by Gasteiger charge is -2.13. The molecule has 8 heteroatoms. The molecule has 0 aliphatic rings. The van der Waals surface area contributed by atoms with Gasteiger partial charge in [-0.1, -0.05) is 29.3 Å². The highest BCUT2D eigenvalue weighted by Crippen LogP contribution is 2.29. The SMILES string of the molecule is CC(NS(=O)(=O)c1cccc(Cl)c1Cl)c1ccn(C)n1. The van der Waals surface area contributed by atoms with Gasteiger partial charge in [-0.15, -0.1) is 0 Å². The van der Waals surface area contributed by atoms with E-state index in [9.17, 15) is 8.42 Å². The summed E-state index contributed by atoms with van der Waals surface area (Å²) in [6.07, 6.45) is 1.74. The second-order valence-electron chi connectivity index (χ2n) is 4.31. The molecule has 108 valence electrons. The highest BCUT2D eigenvalue weighted by Gasteiger charge is 2.23. The minimum Gasteiger partial charge on any atom is -0.275 e. The van der Waals surface area contributed by atoms with Gasteiger partial charge >= 0.3 is 0 Å². The van der Waals surface area contributed by atoms with Gasteiger partial charge in [-0.2, -0.15) is 5.10 Å². The van der Waals surface area contributed by atoms with Crippen molar-refractivity contribution < 1.29 is 8.42 Å². The number of rotatable bonds is 4. The van der Waals surface area contributed by atoms with Crippen molar-refractivity contribution in [3.05, 3.63) is 46.2 Å². The molecule has 1 atom stereocenters. The first-order valence-corrected chi connectivity index (χ1v) is 8.01. The van der Waals surface area contributed by atoms with Crippen LogP contribution in [0.1, 0.15) is 18.7 Å². The van der Waals surface area contributed by atoms with E-state index in [1.165, 1.54) is 18.2 Å². The maximum Gasteiger partial charge on any atom is 0.242 e. The van der Waals surface area contributed by atoms with Gasteiger partial charge in [0, 0.05) is 13.2 Å². The number of halogens is 2. The van der Waals surface area contributed by atoms with E-state index in [0.29, 0.717) is 5.69 Å². The number of nitrogens with zero attached hydrogens (tertiary/aromatic N) is 2. The second-order valence-corrected chi connectivity index (χ2v) is 6.78. The van der Waals surface area contributed by atoms with Crippen molar-refractivity contribution in [3.8, 4) is 0 Å². The van der Waals surface area contributed by atoms with Crippen LogP contribution in [0.15, 0.2) is 35.4 Å². The summed E-state index contributed by atoms with van der Waals surface area (Å²) in [5.74, 6) is 0. The molecular weight excluding hydrogens is 321 g/mol. The van der Waals surface area contributed by atoms with Gasteiger partial charge in [-0.25, -0.2) is 13.1 Å². The summed E-state index contributed by atoms with van der Waals surface area (Å²) in [5.41, 5.74) is 0.620. The average molecular weight is 334 g/mol. The van der Waals surface area contributed by atoms with Gasteiger partial charge in [-0.3, -0.25) is 4.68 Å². The molecule has 1 unspecified atom stereocenters. The van der Waals surface area contributed by atoms with Gasteiger partial charge in [-0.05, 0) is 25.1 Å². The summed E-state index contributed by atoms with van der Waals surface area (Å²) < 4.78 is 28.7. The first kappa shape index (κ1) is 15.3. The molecule has 0 radical (unpaired) electrons. The zero-order chi connectivity index (χ0) is 14.9. The molecule has 5 nitrogen and oxygen atoms in total. The van der Waals surface area contributed by atoms with Gasteiger partial charge in [0.25, 0.3) is 0 Å². The Morgan fingerprint density at radius 2 is 2.00 bits per heavy atom. The van der Waals surface area contributed by atoms with Crippen LogP contribution in [-0.2, 0) is 17.1 Å². The summed E-state index contributed by atoms with van der Waals surface area (Å²) in [4.78, 5) is -0.0468. The molecule has 0 saturated carbocycles. The molecule has 0 spiro atoms. The number of hydrogen-bond acceptors (Lipinski definition) is 3. The van der Waals surface area contributed by atoms with Crippen LogP contribution in [0.4, 0.5) is 0 Å². The van der Waals surface area contributed by atoms with Crippen LogP contribution in [0, 0.1) is 0 Å². The van der Waals surface area contributed by atoms with Gasteiger partial charge in [0.05, 0.1) is 21.8 Å². The first-order valence-electron chi connectivity index (χ1n) is 5.77. The molecule has 0 saturated heterocycles. The molecule has 20 heavy (non-hydrogen) atoms. The Hall–Kier alpha value is -1.08. The molecule has 0 fully saturated rings. The van der Waals surface area contributed by atoms with Crippen LogP contribution in [0.5, 0.6) is 0 Å². The normalized spacial score (nSPS) is 13.4. The number of benzene rings is 1. The fraction of sp³-hybridized carbons (Fsp3) is 0.250. The largest absolute Gasteiger partial charge is 0.275 e. The van der Waals surface area contributed by atoms with Gasteiger partial charge < -0.3 is 0 Å². The molecule has 0 bridgehead atoms. The molecule has 1 aromatic heterocycles. The Morgan fingerprint density at radius 3 is 2.60 bits per heavy atom. The topological polar surface area (TPSA) is 64.0 Å². The van der Waals surface area contributed by atoms with Crippen LogP contribution in [-0.4, -0.2) is 18.2 Å². The highest BCUT2D eigenvalue weighted by molar-refractivity contribution is 7.89. The summed E-state index contributed by atoms with van der Waals surface area (Å²) in [6.45, 7) is 1.71. The number of aromatic nitrogens is 2. The lowest BCUT2D eigenvalue weighted by molar-refractivity contribution is 0.561. The number of sulfonamides is 1. The van der Waals surface area contributed by atoms with Crippen LogP contribution in [0.3, 0.4) is 0 Å². The van der Waals surface area contributed by atoms with Gasteiger partial charge in [0.1, 0.15) is 4.90 Å². The quantitative estimate of drug-likeness (QED) is 0.935. The third-order valence-electron chi connectivity index (χ3n) is 2.72. The van der Waals surface area contributed by atoms with Crippen LogP contribution in [0.2, 0.25) is 10.0 Å². The van der Waals surface area contributed by atoms with E-state index < -0.39 is 16.1 Å². The highest BCUT2D eigenvalue weighted by atomic mass is 35.5. The number of nitrogens with one attached hydrogen (secondary N) is 1. The second kappa shape index (κ2) is 5.73. The first-order chi connectivity index (χ1) is 9.31. The van der Waals surface area contributed by atoms with E-state index in [-0.39, 0.29) is 14.9 Å².